The number of nitrogens with zero attached hydrogens (tertiary/aromatic N) is 4. The number of nitrogens with one attached hydrogen (secondary N) is 1. The smallest absolute Gasteiger partial charge is 0.410 e. The van der Waals surface area contributed by atoms with Gasteiger partial charge in [0.25, 0.3) is 5.91 Å². The van der Waals surface area contributed by atoms with Crippen LogP contribution in [0.2, 0.25) is 5.02 Å². The lowest BCUT2D eigenvalue weighted by Crippen LogP contribution is -2.42. The number of benzene rings is 1. The Morgan fingerprint density at radius 3 is 2.33 bits per heavy atom. The van der Waals surface area contributed by atoms with Gasteiger partial charge in [0.1, 0.15) is 17.1 Å². The second-order valence-electron chi connectivity index (χ2n) is 10.4. The van der Waals surface area contributed by atoms with E-state index < -0.39 is 11.5 Å². The molecule has 1 aromatic carbocycles. The summed E-state index contributed by atoms with van der Waals surface area (Å²) >= 11 is 6.40. The highest BCUT2D eigenvalue weighted by molar-refractivity contribution is 6.34. The van der Waals surface area contributed by atoms with Gasteiger partial charge < -0.3 is 24.4 Å². The lowest BCUT2D eigenvalue weighted by Gasteiger charge is -2.33. The summed E-state index contributed by atoms with van der Waals surface area (Å²) in [5, 5.41) is 7.52. The molecule has 1 N–H and O–H groups in total. The molecule has 1 fully saturated rings. The minimum absolute atomic E-state index is 0.0848. The zero-order valence-corrected chi connectivity index (χ0v) is 23.8. The number of ether oxygens (including phenoxy) is 3. The van der Waals surface area contributed by atoms with Crippen LogP contribution in [0.4, 0.5) is 10.6 Å². The molecule has 0 atom stereocenters. The minimum Gasteiger partial charge on any atom is -0.493 e. The van der Waals surface area contributed by atoms with E-state index in [-0.39, 0.29) is 22.9 Å². The molecule has 2 amide bonds. The maximum atomic E-state index is 13.3. The van der Waals surface area contributed by atoms with Crippen molar-refractivity contribution in [3.05, 3.63) is 52.9 Å². The number of carbonyl (C=O) groups excluding carboxylic acids is 2. The van der Waals surface area contributed by atoms with Crippen molar-refractivity contribution in [3.8, 4) is 22.6 Å². The van der Waals surface area contributed by atoms with Gasteiger partial charge >= 0.3 is 6.09 Å². The number of piperidine rings is 1. The number of anilines is 1. The summed E-state index contributed by atoms with van der Waals surface area (Å²) in [6.07, 6.45) is 4.06. The molecule has 3 heterocycles. The quantitative estimate of drug-likeness (QED) is 0.412. The van der Waals surface area contributed by atoms with Crippen molar-refractivity contribution >= 4 is 29.4 Å². The van der Waals surface area contributed by atoms with E-state index in [2.05, 4.69) is 15.4 Å². The summed E-state index contributed by atoms with van der Waals surface area (Å²) in [6, 6.07) is 7.48. The van der Waals surface area contributed by atoms with E-state index in [4.69, 9.17) is 25.8 Å². The first-order valence-electron chi connectivity index (χ1n) is 12.7. The molecule has 1 aliphatic rings. The number of methoxy groups -OCH3 is 2. The summed E-state index contributed by atoms with van der Waals surface area (Å²) < 4.78 is 17.9. The zero-order valence-electron chi connectivity index (χ0n) is 23.1. The molecule has 208 valence electrons. The van der Waals surface area contributed by atoms with Gasteiger partial charge in [0.2, 0.25) is 0 Å². The maximum absolute atomic E-state index is 13.3. The van der Waals surface area contributed by atoms with Crippen molar-refractivity contribution in [1.82, 2.24) is 19.7 Å². The van der Waals surface area contributed by atoms with Gasteiger partial charge in [0, 0.05) is 24.8 Å². The Morgan fingerprint density at radius 2 is 1.72 bits per heavy atom. The number of hydrogen-bond donors (Lipinski definition) is 1. The topological polar surface area (TPSA) is 108 Å². The monoisotopic (exact) mass is 555 g/mol. The summed E-state index contributed by atoms with van der Waals surface area (Å²) in [5.41, 5.74) is 2.26. The lowest BCUT2D eigenvalue weighted by atomic mass is 10.0. The van der Waals surface area contributed by atoms with E-state index in [0.29, 0.717) is 43.2 Å². The number of hydrogen-bond acceptors (Lipinski definition) is 7. The van der Waals surface area contributed by atoms with Gasteiger partial charge in [0.15, 0.2) is 11.5 Å². The van der Waals surface area contributed by atoms with Gasteiger partial charge in [-0.15, -0.1) is 0 Å². The largest absolute Gasteiger partial charge is 0.493 e. The Labute approximate surface area is 233 Å². The first-order valence-corrected chi connectivity index (χ1v) is 13.1. The summed E-state index contributed by atoms with van der Waals surface area (Å²) in [4.78, 5) is 31.9. The molecule has 0 spiro atoms. The third-order valence-corrected chi connectivity index (χ3v) is 6.73. The number of likely N-dealkylation sites (tertiary alicyclic amines) is 1. The highest BCUT2D eigenvalue weighted by Crippen LogP contribution is 2.33. The van der Waals surface area contributed by atoms with Crippen LogP contribution in [0.15, 0.2) is 36.7 Å². The predicted molar refractivity (Wildman–Crippen MR) is 149 cm³/mol. The van der Waals surface area contributed by atoms with Gasteiger partial charge in [-0.05, 0) is 69.9 Å². The molecule has 39 heavy (non-hydrogen) atoms. The average molecular weight is 556 g/mol. The molecule has 1 saturated heterocycles. The maximum Gasteiger partial charge on any atom is 0.410 e. The molecule has 4 rings (SSSR count). The molecule has 10 nitrogen and oxygen atoms in total. The summed E-state index contributed by atoms with van der Waals surface area (Å²) in [5.74, 6) is 1.28. The Morgan fingerprint density at radius 1 is 1.03 bits per heavy atom. The van der Waals surface area contributed by atoms with Gasteiger partial charge in [-0.25, -0.2) is 9.78 Å². The molecule has 0 bridgehead atoms. The average Bonchev–Trinajstić information content (AvgIpc) is 3.29. The SMILES string of the molecule is COc1ccc(-c2cnc(NC(=O)c3c(Cl)cnn3C3CCN(C(=O)OC(C)(C)C)CC3)c(C)c2)cc1OC. The Hall–Kier alpha value is -3.79. The van der Waals surface area contributed by atoms with E-state index in [1.807, 2.05) is 52.0 Å². The van der Waals surface area contributed by atoms with Crippen LogP contribution >= 0.6 is 11.6 Å². The molecule has 0 aliphatic carbocycles. The molecule has 1 aliphatic heterocycles. The summed E-state index contributed by atoms with van der Waals surface area (Å²) in [7, 11) is 3.18. The highest BCUT2D eigenvalue weighted by Gasteiger charge is 2.30. The molecular formula is C28H34ClN5O5. The molecule has 0 radical (unpaired) electrons. The van der Waals surface area contributed by atoms with Crippen molar-refractivity contribution in [1.29, 1.82) is 0 Å². The fraction of sp³-hybridized carbons (Fsp3) is 0.429. The van der Waals surface area contributed by atoms with E-state index >= 15 is 0 Å². The van der Waals surface area contributed by atoms with E-state index in [0.717, 1.165) is 16.7 Å². The second kappa shape index (κ2) is 11.5. The molecule has 2 aromatic heterocycles. The van der Waals surface area contributed by atoms with Crippen LogP contribution in [-0.2, 0) is 4.74 Å². The molecular weight excluding hydrogens is 522 g/mol. The first-order chi connectivity index (χ1) is 18.5. The van der Waals surface area contributed by atoms with Crippen LogP contribution < -0.4 is 14.8 Å². The number of carbonyl (C=O) groups is 2. The van der Waals surface area contributed by atoms with Crippen molar-refractivity contribution in [3.63, 3.8) is 0 Å². The van der Waals surface area contributed by atoms with Crippen molar-refractivity contribution in [2.24, 2.45) is 0 Å². The Bertz CT molecular complexity index is 1360. The molecule has 11 heteroatoms. The highest BCUT2D eigenvalue weighted by atomic mass is 35.5. The summed E-state index contributed by atoms with van der Waals surface area (Å²) in [6.45, 7) is 8.39. The van der Waals surface area contributed by atoms with Gasteiger partial charge in [-0.3, -0.25) is 9.48 Å². The third kappa shape index (κ3) is 6.44. The predicted octanol–water partition coefficient (Wildman–Crippen LogP) is 5.75. The number of halogens is 1. The van der Waals surface area contributed by atoms with E-state index in [1.165, 1.54) is 6.20 Å². The normalized spacial score (nSPS) is 14.2. The van der Waals surface area contributed by atoms with Crippen molar-refractivity contribution in [2.75, 3.05) is 32.6 Å². The van der Waals surface area contributed by atoms with E-state index in [1.54, 1.807) is 30.0 Å². The zero-order chi connectivity index (χ0) is 28.3. The Kier molecular flexibility index (Phi) is 8.34. The van der Waals surface area contributed by atoms with Crippen LogP contribution in [0.3, 0.4) is 0 Å². The fourth-order valence-electron chi connectivity index (χ4n) is 4.50. The molecule has 3 aromatic rings. The van der Waals surface area contributed by atoms with Gasteiger partial charge in [0.05, 0.1) is 31.5 Å². The molecule has 0 unspecified atom stereocenters. The van der Waals surface area contributed by atoms with Gasteiger partial charge in [-0.2, -0.15) is 5.10 Å². The number of rotatable bonds is 6. The van der Waals surface area contributed by atoms with Crippen LogP contribution in [0.5, 0.6) is 11.5 Å². The fourth-order valence-corrected chi connectivity index (χ4v) is 4.71. The van der Waals surface area contributed by atoms with Gasteiger partial charge in [-0.1, -0.05) is 17.7 Å². The number of aromatic nitrogens is 3. The Balaban J connectivity index is 1.47. The van der Waals surface area contributed by atoms with Crippen LogP contribution in [-0.4, -0.2) is 64.6 Å². The minimum atomic E-state index is -0.555. The molecule has 0 saturated carbocycles. The van der Waals surface area contributed by atoms with Crippen molar-refractivity contribution < 1.29 is 23.8 Å². The third-order valence-electron chi connectivity index (χ3n) is 6.45. The standard InChI is InChI=1S/C28H34ClN5O5/c1-17-13-19(18-7-8-22(37-5)23(14-18)38-6)15-30-25(17)32-26(35)24-21(29)16-31-34(24)20-9-11-33(12-10-20)27(36)39-28(2,3)4/h7-8,13-16,20H,9-12H2,1-6H3,(H,30,32,35). The van der Waals surface area contributed by atoms with Crippen LogP contribution in [0.1, 0.15) is 55.7 Å². The van der Waals surface area contributed by atoms with E-state index in [9.17, 15) is 9.59 Å². The van der Waals surface area contributed by atoms with Crippen molar-refractivity contribution in [2.45, 2.75) is 52.2 Å². The lowest BCUT2D eigenvalue weighted by molar-refractivity contribution is 0.0183. The second-order valence-corrected chi connectivity index (χ2v) is 10.8. The first kappa shape index (κ1) is 28.2. The number of pyridine rings is 1. The number of amides is 2. The number of aryl methyl sites for hydroxylation is 1. The van der Waals surface area contributed by atoms with Crippen LogP contribution in [0, 0.1) is 6.92 Å². The van der Waals surface area contributed by atoms with Crippen LogP contribution in [0.25, 0.3) is 11.1 Å².